The summed E-state index contributed by atoms with van der Waals surface area (Å²) in [6, 6.07) is 5.62. The standard InChI is InChI=1S/C10H8N4O/c11-9-7-6(13-10(12)14-9)2-1-5-3-4-15-8(5)7/h1-4H,(H4,11,12,13,14). The van der Waals surface area contributed by atoms with Gasteiger partial charge in [0.1, 0.15) is 11.4 Å². The molecule has 0 aliphatic rings. The van der Waals surface area contributed by atoms with Crippen LogP contribution in [0.3, 0.4) is 0 Å². The van der Waals surface area contributed by atoms with Crippen LogP contribution in [-0.4, -0.2) is 9.97 Å². The molecule has 0 radical (unpaired) electrons. The van der Waals surface area contributed by atoms with Crippen molar-refractivity contribution in [2.45, 2.75) is 0 Å². The van der Waals surface area contributed by atoms with Gasteiger partial charge in [-0.3, -0.25) is 0 Å². The van der Waals surface area contributed by atoms with E-state index in [2.05, 4.69) is 9.97 Å². The smallest absolute Gasteiger partial charge is 0.222 e. The molecule has 0 spiro atoms. The average Bonchev–Trinajstić information content (AvgIpc) is 2.63. The fourth-order valence-electron chi connectivity index (χ4n) is 1.69. The van der Waals surface area contributed by atoms with E-state index >= 15 is 0 Å². The van der Waals surface area contributed by atoms with E-state index in [-0.39, 0.29) is 5.95 Å². The number of hydrogen-bond donors (Lipinski definition) is 2. The lowest BCUT2D eigenvalue weighted by Crippen LogP contribution is -2.00. The van der Waals surface area contributed by atoms with Crippen LogP contribution in [0.25, 0.3) is 21.9 Å². The van der Waals surface area contributed by atoms with Gasteiger partial charge in [-0.25, -0.2) is 4.98 Å². The van der Waals surface area contributed by atoms with Gasteiger partial charge in [-0.1, -0.05) is 0 Å². The van der Waals surface area contributed by atoms with Gasteiger partial charge in [-0.15, -0.1) is 0 Å². The molecule has 3 rings (SSSR count). The molecule has 15 heavy (non-hydrogen) atoms. The second kappa shape index (κ2) is 2.60. The van der Waals surface area contributed by atoms with Gasteiger partial charge in [0.2, 0.25) is 5.95 Å². The maximum atomic E-state index is 5.79. The van der Waals surface area contributed by atoms with Crippen LogP contribution >= 0.6 is 0 Å². The molecular weight excluding hydrogens is 192 g/mol. The molecule has 3 aromatic rings. The van der Waals surface area contributed by atoms with Crippen LogP contribution in [0.5, 0.6) is 0 Å². The van der Waals surface area contributed by atoms with Crippen molar-refractivity contribution in [3.05, 3.63) is 24.5 Å². The predicted molar refractivity (Wildman–Crippen MR) is 58.1 cm³/mol. The van der Waals surface area contributed by atoms with Gasteiger partial charge in [-0.2, -0.15) is 4.98 Å². The minimum absolute atomic E-state index is 0.172. The summed E-state index contributed by atoms with van der Waals surface area (Å²) < 4.78 is 5.35. The molecule has 0 aliphatic carbocycles. The highest BCUT2D eigenvalue weighted by atomic mass is 16.3. The van der Waals surface area contributed by atoms with Crippen molar-refractivity contribution in [3.8, 4) is 0 Å². The van der Waals surface area contributed by atoms with Gasteiger partial charge in [0.05, 0.1) is 17.2 Å². The van der Waals surface area contributed by atoms with E-state index < -0.39 is 0 Å². The third-order valence-corrected chi connectivity index (χ3v) is 2.33. The number of nitrogen functional groups attached to an aromatic ring is 2. The molecule has 1 aromatic carbocycles. The van der Waals surface area contributed by atoms with Crippen LogP contribution in [0.2, 0.25) is 0 Å². The number of nitrogens with zero attached hydrogens (tertiary/aromatic N) is 2. The van der Waals surface area contributed by atoms with Crippen LogP contribution in [0.4, 0.5) is 11.8 Å². The van der Waals surface area contributed by atoms with E-state index in [0.717, 1.165) is 5.39 Å². The van der Waals surface area contributed by atoms with Crippen LogP contribution in [0, 0.1) is 0 Å². The van der Waals surface area contributed by atoms with E-state index in [1.807, 2.05) is 18.2 Å². The fraction of sp³-hybridized carbons (Fsp3) is 0. The molecule has 5 nitrogen and oxygen atoms in total. The Morgan fingerprint density at radius 3 is 2.80 bits per heavy atom. The monoisotopic (exact) mass is 200 g/mol. The Labute approximate surface area is 84.7 Å². The highest BCUT2D eigenvalue weighted by Gasteiger charge is 2.09. The zero-order chi connectivity index (χ0) is 10.4. The molecule has 74 valence electrons. The van der Waals surface area contributed by atoms with Crippen LogP contribution in [0.1, 0.15) is 0 Å². The summed E-state index contributed by atoms with van der Waals surface area (Å²) in [4.78, 5) is 8.01. The second-order valence-corrected chi connectivity index (χ2v) is 3.27. The Kier molecular flexibility index (Phi) is 1.39. The lowest BCUT2D eigenvalue weighted by atomic mass is 10.2. The first-order chi connectivity index (χ1) is 7.25. The summed E-state index contributed by atoms with van der Waals surface area (Å²) in [6.45, 7) is 0. The SMILES string of the molecule is Nc1nc(N)c2c(ccc3ccoc32)n1. The van der Waals surface area contributed by atoms with Crippen molar-refractivity contribution < 1.29 is 4.42 Å². The Hall–Kier alpha value is -2.30. The summed E-state index contributed by atoms with van der Waals surface area (Å²) in [5.41, 5.74) is 12.7. The Bertz CT molecular complexity index is 659. The highest BCUT2D eigenvalue weighted by Crippen LogP contribution is 2.28. The number of fused-ring (bicyclic) bond motifs is 3. The number of hydrogen-bond acceptors (Lipinski definition) is 5. The molecular formula is C10H8N4O. The van der Waals surface area contributed by atoms with E-state index in [4.69, 9.17) is 15.9 Å². The van der Waals surface area contributed by atoms with Crippen molar-refractivity contribution in [1.29, 1.82) is 0 Å². The third kappa shape index (κ3) is 1.03. The maximum absolute atomic E-state index is 5.79. The Morgan fingerprint density at radius 2 is 1.93 bits per heavy atom. The summed E-state index contributed by atoms with van der Waals surface area (Å²) in [5.74, 6) is 0.518. The van der Waals surface area contributed by atoms with E-state index in [1.54, 1.807) is 6.26 Å². The molecule has 0 saturated heterocycles. The summed E-state index contributed by atoms with van der Waals surface area (Å²) >= 11 is 0. The lowest BCUT2D eigenvalue weighted by molar-refractivity contribution is 0.619. The van der Waals surface area contributed by atoms with E-state index in [9.17, 15) is 0 Å². The molecule has 2 heterocycles. The molecule has 0 amide bonds. The first-order valence-corrected chi connectivity index (χ1v) is 4.44. The van der Waals surface area contributed by atoms with Gasteiger partial charge in [0, 0.05) is 5.39 Å². The number of anilines is 2. The Balaban J connectivity index is 2.62. The number of furan rings is 1. The molecule has 5 heteroatoms. The minimum atomic E-state index is 0.172. The zero-order valence-electron chi connectivity index (χ0n) is 7.77. The summed E-state index contributed by atoms with van der Waals surface area (Å²) in [7, 11) is 0. The first kappa shape index (κ1) is 8.05. The van der Waals surface area contributed by atoms with Gasteiger partial charge in [0.25, 0.3) is 0 Å². The number of nitrogens with two attached hydrogens (primary N) is 2. The highest BCUT2D eigenvalue weighted by molar-refractivity contribution is 6.08. The molecule has 0 fully saturated rings. The van der Waals surface area contributed by atoms with Crippen molar-refractivity contribution >= 4 is 33.6 Å². The van der Waals surface area contributed by atoms with Crippen LogP contribution in [0.15, 0.2) is 28.9 Å². The van der Waals surface area contributed by atoms with Gasteiger partial charge in [-0.05, 0) is 18.2 Å². The van der Waals surface area contributed by atoms with Gasteiger partial charge < -0.3 is 15.9 Å². The van der Waals surface area contributed by atoms with E-state index in [0.29, 0.717) is 22.3 Å². The van der Waals surface area contributed by atoms with Crippen molar-refractivity contribution in [2.75, 3.05) is 11.5 Å². The van der Waals surface area contributed by atoms with Crippen LogP contribution < -0.4 is 11.5 Å². The van der Waals surface area contributed by atoms with E-state index in [1.165, 1.54) is 0 Å². The molecule has 2 aromatic heterocycles. The normalized spacial score (nSPS) is 11.2. The van der Waals surface area contributed by atoms with Crippen LogP contribution in [-0.2, 0) is 0 Å². The Morgan fingerprint density at radius 1 is 1.07 bits per heavy atom. The third-order valence-electron chi connectivity index (χ3n) is 2.33. The number of benzene rings is 1. The largest absolute Gasteiger partial charge is 0.463 e. The van der Waals surface area contributed by atoms with Crippen molar-refractivity contribution in [2.24, 2.45) is 0 Å². The zero-order valence-corrected chi connectivity index (χ0v) is 7.77. The van der Waals surface area contributed by atoms with Crippen molar-refractivity contribution in [1.82, 2.24) is 9.97 Å². The maximum Gasteiger partial charge on any atom is 0.222 e. The average molecular weight is 200 g/mol. The number of rotatable bonds is 0. The molecule has 0 aliphatic heterocycles. The summed E-state index contributed by atoms with van der Waals surface area (Å²) in [6.07, 6.45) is 1.61. The number of aromatic nitrogens is 2. The van der Waals surface area contributed by atoms with Gasteiger partial charge in [0.15, 0.2) is 0 Å². The molecule has 0 atom stereocenters. The fourth-order valence-corrected chi connectivity index (χ4v) is 1.69. The molecule has 0 saturated carbocycles. The molecule has 4 N–H and O–H groups in total. The summed E-state index contributed by atoms with van der Waals surface area (Å²) in [5, 5.41) is 1.69. The van der Waals surface area contributed by atoms with Gasteiger partial charge >= 0.3 is 0 Å². The first-order valence-electron chi connectivity index (χ1n) is 4.44. The quantitative estimate of drug-likeness (QED) is 0.574. The van der Waals surface area contributed by atoms with Crippen molar-refractivity contribution in [3.63, 3.8) is 0 Å². The predicted octanol–water partition coefficient (Wildman–Crippen LogP) is 1.54. The molecule has 0 bridgehead atoms. The molecule has 0 unspecified atom stereocenters. The second-order valence-electron chi connectivity index (χ2n) is 3.27. The topological polar surface area (TPSA) is 91.0 Å². The lowest BCUT2D eigenvalue weighted by Gasteiger charge is -2.02. The minimum Gasteiger partial charge on any atom is -0.463 e.